The highest BCUT2D eigenvalue weighted by Crippen LogP contribution is 2.26. The van der Waals surface area contributed by atoms with E-state index in [0.29, 0.717) is 12.0 Å². The minimum Gasteiger partial charge on any atom is -0.484 e. The summed E-state index contributed by atoms with van der Waals surface area (Å²) in [6, 6.07) is 0. The van der Waals surface area contributed by atoms with E-state index in [1.165, 1.54) is 11.3 Å². The van der Waals surface area contributed by atoms with Crippen molar-refractivity contribution in [3.05, 3.63) is 24.0 Å². The number of hydrogen-bond acceptors (Lipinski definition) is 3. The van der Waals surface area contributed by atoms with Gasteiger partial charge in [0, 0.05) is 20.7 Å². The molecule has 0 aromatic rings. The molecule has 0 aromatic heterocycles. The molecule has 1 saturated heterocycles. The van der Waals surface area contributed by atoms with Crippen molar-refractivity contribution in [1.29, 1.82) is 0 Å². The largest absolute Gasteiger partial charge is 0.484 e. The first-order valence-electron chi connectivity index (χ1n) is 6.48. The van der Waals surface area contributed by atoms with Gasteiger partial charge in [0.25, 0.3) is 5.91 Å². The third-order valence-electron chi connectivity index (χ3n) is 3.37. The Hall–Kier alpha value is -1.29. The smallest absolute Gasteiger partial charge is 0.259 e. The standard InChI is InChI=1S/C14H21NO3/c1-15(2)14(16)10-18-12-5-3-11(4-6-12)9-13-7-8-17-13/h3,5-6,11,13H,4,7-10H2,1-2H3. The van der Waals surface area contributed by atoms with Crippen molar-refractivity contribution in [3.63, 3.8) is 0 Å². The van der Waals surface area contributed by atoms with Crippen LogP contribution in [-0.2, 0) is 14.3 Å². The summed E-state index contributed by atoms with van der Waals surface area (Å²) in [5.41, 5.74) is 0. The zero-order valence-corrected chi connectivity index (χ0v) is 11.1. The Morgan fingerprint density at radius 3 is 2.83 bits per heavy atom. The highest BCUT2D eigenvalue weighted by Gasteiger charge is 2.22. The lowest BCUT2D eigenvalue weighted by Crippen LogP contribution is -2.29. The van der Waals surface area contributed by atoms with Crippen LogP contribution in [0.5, 0.6) is 0 Å². The van der Waals surface area contributed by atoms with E-state index in [1.807, 2.05) is 6.08 Å². The van der Waals surface area contributed by atoms with Crippen LogP contribution in [0.3, 0.4) is 0 Å². The summed E-state index contributed by atoms with van der Waals surface area (Å²) in [6.45, 7) is 1.03. The molecule has 4 nitrogen and oxygen atoms in total. The second-order valence-electron chi connectivity index (χ2n) is 5.06. The Kier molecular flexibility index (Phi) is 4.42. The third-order valence-corrected chi connectivity index (χ3v) is 3.37. The summed E-state index contributed by atoms with van der Waals surface area (Å²) >= 11 is 0. The van der Waals surface area contributed by atoms with Crippen molar-refractivity contribution >= 4 is 5.91 Å². The van der Waals surface area contributed by atoms with Crippen LogP contribution in [0.1, 0.15) is 19.3 Å². The predicted molar refractivity (Wildman–Crippen MR) is 69.0 cm³/mol. The first-order chi connectivity index (χ1) is 8.65. The van der Waals surface area contributed by atoms with E-state index < -0.39 is 0 Å². The lowest BCUT2D eigenvalue weighted by Gasteiger charge is -2.29. The molecule has 2 aliphatic rings. The number of ether oxygens (including phenoxy) is 2. The van der Waals surface area contributed by atoms with Crippen LogP contribution in [0.25, 0.3) is 0 Å². The van der Waals surface area contributed by atoms with Crippen molar-refractivity contribution in [2.24, 2.45) is 5.92 Å². The molecule has 1 aliphatic carbocycles. The maximum absolute atomic E-state index is 11.4. The van der Waals surface area contributed by atoms with E-state index >= 15 is 0 Å². The van der Waals surface area contributed by atoms with Gasteiger partial charge in [0.15, 0.2) is 6.61 Å². The van der Waals surface area contributed by atoms with Gasteiger partial charge >= 0.3 is 0 Å². The number of likely N-dealkylation sites (N-methyl/N-ethyl adjacent to an activating group) is 1. The van der Waals surface area contributed by atoms with Crippen LogP contribution in [0.4, 0.5) is 0 Å². The third kappa shape index (κ3) is 3.60. The normalized spacial score (nSPS) is 26.2. The van der Waals surface area contributed by atoms with Crippen LogP contribution in [0.2, 0.25) is 0 Å². The summed E-state index contributed by atoms with van der Waals surface area (Å²) in [6.07, 6.45) is 9.90. The average Bonchev–Trinajstić information content (AvgIpc) is 2.32. The summed E-state index contributed by atoms with van der Waals surface area (Å²) in [5, 5.41) is 0. The van der Waals surface area contributed by atoms with Gasteiger partial charge in [0.1, 0.15) is 5.76 Å². The van der Waals surface area contributed by atoms with Crippen LogP contribution in [0.15, 0.2) is 24.0 Å². The van der Waals surface area contributed by atoms with E-state index in [-0.39, 0.29) is 12.5 Å². The molecule has 1 heterocycles. The fourth-order valence-electron chi connectivity index (χ4n) is 2.01. The maximum atomic E-state index is 11.4. The molecular formula is C14H21NO3. The molecule has 2 unspecified atom stereocenters. The van der Waals surface area contributed by atoms with Crippen LogP contribution in [0, 0.1) is 5.92 Å². The topological polar surface area (TPSA) is 38.8 Å². The number of hydrogen-bond donors (Lipinski definition) is 0. The van der Waals surface area contributed by atoms with Crippen LogP contribution >= 0.6 is 0 Å². The van der Waals surface area contributed by atoms with E-state index in [2.05, 4.69) is 12.2 Å². The zero-order valence-electron chi connectivity index (χ0n) is 11.1. The molecule has 2 atom stereocenters. The van der Waals surface area contributed by atoms with Crippen LogP contribution in [-0.4, -0.2) is 44.2 Å². The molecule has 0 radical (unpaired) electrons. The molecule has 0 saturated carbocycles. The van der Waals surface area contributed by atoms with Gasteiger partial charge in [0.2, 0.25) is 0 Å². The molecule has 100 valence electrons. The van der Waals surface area contributed by atoms with E-state index in [4.69, 9.17) is 9.47 Å². The molecular weight excluding hydrogens is 230 g/mol. The Bertz CT molecular complexity index is 356. The molecule has 18 heavy (non-hydrogen) atoms. The Labute approximate surface area is 108 Å². The number of amides is 1. The van der Waals surface area contributed by atoms with Crippen molar-refractivity contribution in [3.8, 4) is 0 Å². The summed E-state index contributed by atoms with van der Waals surface area (Å²) in [4.78, 5) is 12.9. The highest BCUT2D eigenvalue weighted by molar-refractivity contribution is 5.76. The average molecular weight is 251 g/mol. The monoisotopic (exact) mass is 251 g/mol. The fraction of sp³-hybridized carbons (Fsp3) is 0.643. The van der Waals surface area contributed by atoms with Gasteiger partial charge in [-0.3, -0.25) is 4.79 Å². The number of allylic oxidation sites excluding steroid dienone is 3. The molecule has 0 spiro atoms. The minimum atomic E-state index is -0.0192. The van der Waals surface area contributed by atoms with Gasteiger partial charge in [0.05, 0.1) is 6.10 Å². The SMILES string of the molecule is CN(C)C(=O)COC1=CCC(CC2CCO2)C=C1. The summed E-state index contributed by atoms with van der Waals surface area (Å²) < 4.78 is 10.9. The summed E-state index contributed by atoms with van der Waals surface area (Å²) in [7, 11) is 3.46. The first-order valence-corrected chi connectivity index (χ1v) is 6.48. The maximum Gasteiger partial charge on any atom is 0.259 e. The van der Waals surface area contributed by atoms with Crippen molar-refractivity contribution in [1.82, 2.24) is 4.90 Å². The van der Waals surface area contributed by atoms with Gasteiger partial charge in [-0.1, -0.05) is 6.08 Å². The Morgan fingerprint density at radius 1 is 1.56 bits per heavy atom. The van der Waals surface area contributed by atoms with Gasteiger partial charge in [-0.15, -0.1) is 0 Å². The zero-order chi connectivity index (χ0) is 13.0. The van der Waals surface area contributed by atoms with Crippen molar-refractivity contribution < 1.29 is 14.3 Å². The lowest BCUT2D eigenvalue weighted by molar-refractivity contribution is -0.132. The Balaban J connectivity index is 1.70. The summed E-state index contributed by atoms with van der Waals surface area (Å²) in [5.74, 6) is 1.33. The van der Waals surface area contributed by atoms with Gasteiger partial charge in [-0.05, 0) is 37.3 Å². The number of carbonyl (C=O) groups is 1. The van der Waals surface area contributed by atoms with E-state index in [0.717, 1.165) is 25.2 Å². The van der Waals surface area contributed by atoms with Crippen molar-refractivity contribution in [2.45, 2.75) is 25.4 Å². The molecule has 4 heteroatoms. The molecule has 1 aliphatic heterocycles. The van der Waals surface area contributed by atoms with Crippen molar-refractivity contribution in [2.75, 3.05) is 27.3 Å². The van der Waals surface area contributed by atoms with Gasteiger partial charge in [-0.25, -0.2) is 0 Å². The number of carbonyl (C=O) groups excluding carboxylic acids is 1. The molecule has 1 amide bonds. The highest BCUT2D eigenvalue weighted by atomic mass is 16.5. The second kappa shape index (κ2) is 6.05. The van der Waals surface area contributed by atoms with Gasteiger partial charge in [-0.2, -0.15) is 0 Å². The van der Waals surface area contributed by atoms with Crippen LogP contribution < -0.4 is 0 Å². The minimum absolute atomic E-state index is 0.0192. The van der Waals surface area contributed by atoms with E-state index in [9.17, 15) is 4.79 Å². The molecule has 1 fully saturated rings. The number of rotatable bonds is 5. The van der Waals surface area contributed by atoms with Gasteiger partial charge < -0.3 is 14.4 Å². The Morgan fingerprint density at radius 2 is 2.33 bits per heavy atom. The second-order valence-corrected chi connectivity index (χ2v) is 5.06. The molecule has 0 N–H and O–H groups in total. The number of nitrogens with zero attached hydrogens (tertiary/aromatic N) is 1. The van der Waals surface area contributed by atoms with E-state index in [1.54, 1.807) is 14.1 Å². The molecule has 2 rings (SSSR count). The fourth-order valence-corrected chi connectivity index (χ4v) is 2.01. The molecule has 0 aromatic carbocycles. The molecule has 0 bridgehead atoms. The predicted octanol–water partition coefficient (Wildman–Crippen LogP) is 1.73. The first kappa shape index (κ1) is 13.1. The quantitative estimate of drug-likeness (QED) is 0.747. The lowest BCUT2D eigenvalue weighted by atomic mass is 9.91.